The van der Waals surface area contributed by atoms with Crippen molar-refractivity contribution in [1.29, 1.82) is 5.26 Å². The number of rotatable bonds is 8. The number of hydrogen-bond acceptors (Lipinski definition) is 4. The van der Waals surface area contributed by atoms with Gasteiger partial charge in [0.15, 0.2) is 0 Å². The van der Waals surface area contributed by atoms with Gasteiger partial charge in [0.2, 0.25) is 0 Å². The van der Waals surface area contributed by atoms with E-state index in [1.807, 2.05) is 26.2 Å². The molecule has 0 atom stereocenters. The molecule has 1 fully saturated rings. The monoisotopic (exact) mass is 273 g/mol. The molecule has 0 heterocycles. The summed E-state index contributed by atoms with van der Waals surface area (Å²) in [5, 5.41) is 12.4. The molecule has 2 rings (SSSR count). The Balaban J connectivity index is 1.90. The van der Waals surface area contributed by atoms with Crippen molar-refractivity contribution in [3.8, 4) is 6.07 Å². The molecule has 1 N–H and O–H groups in total. The number of hydrogen-bond donors (Lipinski definition) is 1. The van der Waals surface area contributed by atoms with Crippen LogP contribution in [0.1, 0.15) is 24.0 Å². The first kappa shape index (κ1) is 14.8. The van der Waals surface area contributed by atoms with Crippen molar-refractivity contribution in [3.05, 3.63) is 29.3 Å². The molecule has 1 aliphatic carbocycles. The molecule has 1 aromatic carbocycles. The molecule has 0 unspecified atom stereocenters. The van der Waals surface area contributed by atoms with Gasteiger partial charge in [-0.2, -0.15) is 5.26 Å². The minimum absolute atomic E-state index is 0.718. The molecule has 1 saturated carbocycles. The fourth-order valence-corrected chi connectivity index (χ4v) is 2.18. The van der Waals surface area contributed by atoms with Crippen LogP contribution in [-0.4, -0.2) is 33.9 Å². The van der Waals surface area contributed by atoms with Crippen molar-refractivity contribution in [1.82, 2.24) is 5.32 Å². The highest BCUT2D eigenvalue weighted by Gasteiger charge is 2.21. The number of nitrogens with zero attached hydrogens (tertiary/aromatic N) is 2. The first-order valence-electron chi connectivity index (χ1n) is 7.21. The number of nitriles is 1. The van der Waals surface area contributed by atoms with Crippen LogP contribution in [0.25, 0.3) is 0 Å². The summed E-state index contributed by atoms with van der Waals surface area (Å²) in [6.45, 7) is 3.20. The SMILES string of the molecule is CNCc1ccc(N(C)CCOCC2CC2)c(C#N)c1. The van der Waals surface area contributed by atoms with Crippen LogP contribution in [0.4, 0.5) is 5.69 Å². The third kappa shape index (κ3) is 4.22. The fourth-order valence-electron chi connectivity index (χ4n) is 2.18. The average molecular weight is 273 g/mol. The zero-order chi connectivity index (χ0) is 14.4. The molecule has 0 spiro atoms. The van der Waals surface area contributed by atoms with Crippen LogP contribution in [0, 0.1) is 17.2 Å². The second kappa shape index (κ2) is 7.28. The van der Waals surface area contributed by atoms with Crippen LogP contribution in [0.15, 0.2) is 18.2 Å². The maximum Gasteiger partial charge on any atom is 0.101 e. The lowest BCUT2D eigenvalue weighted by molar-refractivity contribution is 0.131. The highest BCUT2D eigenvalue weighted by molar-refractivity contribution is 5.60. The fraction of sp³-hybridized carbons (Fsp3) is 0.562. The molecule has 1 aromatic rings. The van der Waals surface area contributed by atoms with Crippen LogP contribution in [0.5, 0.6) is 0 Å². The molecule has 4 heteroatoms. The Morgan fingerprint density at radius 2 is 2.25 bits per heavy atom. The maximum absolute atomic E-state index is 9.28. The van der Waals surface area contributed by atoms with Crippen molar-refractivity contribution < 1.29 is 4.74 Å². The van der Waals surface area contributed by atoms with E-state index in [0.29, 0.717) is 0 Å². The molecular formula is C16H23N3O. The molecule has 1 aliphatic rings. The van der Waals surface area contributed by atoms with Crippen LogP contribution >= 0.6 is 0 Å². The molecule has 20 heavy (non-hydrogen) atoms. The number of ether oxygens (including phenoxy) is 1. The Bertz CT molecular complexity index is 477. The minimum Gasteiger partial charge on any atom is -0.379 e. The topological polar surface area (TPSA) is 48.3 Å². The van der Waals surface area contributed by atoms with E-state index in [1.54, 1.807) is 0 Å². The first-order valence-corrected chi connectivity index (χ1v) is 7.21. The van der Waals surface area contributed by atoms with E-state index in [2.05, 4.69) is 22.4 Å². The Labute approximate surface area is 121 Å². The number of benzene rings is 1. The highest BCUT2D eigenvalue weighted by Crippen LogP contribution is 2.28. The van der Waals surface area contributed by atoms with Gasteiger partial charge in [0, 0.05) is 26.7 Å². The van der Waals surface area contributed by atoms with E-state index in [9.17, 15) is 5.26 Å². The Kier molecular flexibility index (Phi) is 5.40. The van der Waals surface area contributed by atoms with Crippen molar-refractivity contribution in [2.24, 2.45) is 5.92 Å². The van der Waals surface area contributed by atoms with E-state index < -0.39 is 0 Å². The third-order valence-electron chi connectivity index (χ3n) is 3.60. The number of nitrogens with one attached hydrogen (secondary N) is 1. The second-order valence-electron chi connectivity index (χ2n) is 5.43. The van der Waals surface area contributed by atoms with Crippen molar-refractivity contribution in [3.63, 3.8) is 0 Å². The normalized spacial score (nSPS) is 14.1. The number of anilines is 1. The van der Waals surface area contributed by atoms with Gasteiger partial charge in [-0.1, -0.05) is 6.07 Å². The average Bonchev–Trinajstić information content (AvgIpc) is 3.27. The van der Waals surface area contributed by atoms with E-state index in [0.717, 1.165) is 49.0 Å². The molecule has 108 valence electrons. The Morgan fingerprint density at radius 1 is 1.45 bits per heavy atom. The molecule has 0 bridgehead atoms. The van der Waals surface area contributed by atoms with E-state index in [1.165, 1.54) is 12.8 Å². The van der Waals surface area contributed by atoms with Gasteiger partial charge in [-0.25, -0.2) is 0 Å². The maximum atomic E-state index is 9.28. The van der Waals surface area contributed by atoms with Gasteiger partial charge >= 0.3 is 0 Å². The van der Waals surface area contributed by atoms with E-state index >= 15 is 0 Å². The van der Waals surface area contributed by atoms with Gasteiger partial charge in [0.05, 0.1) is 17.9 Å². The predicted molar refractivity (Wildman–Crippen MR) is 80.7 cm³/mol. The summed E-state index contributed by atoms with van der Waals surface area (Å²) in [6, 6.07) is 8.32. The molecular weight excluding hydrogens is 250 g/mol. The lowest BCUT2D eigenvalue weighted by atomic mass is 10.1. The second-order valence-corrected chi connectivity index (χ2v) is 5.43. The predicted octanol–water partition coefficient (Wildman–Crippen LogP) is 2.14. The summed E-state index contributed by atoms with van der Waals surface area (Å²) in [5.74, 6) is 0.802. The zero-order valence-corrected chi connectivity index (χ0v) is 12.4. The Hall–Kier alpha value is -1.57. The van der Waals surface area contributed by atoms with Gasteiger partial charge in [-0.15, -0.1) is 0 Å². The summed E-state index contributed by atoms with van der Waals surface area (Å²) >= 11 is 0. The largest absolute Gasteiger partial charge is 0.379 e. The van der Waals surface area contributed by atoms with Gasteiger partial charge in [0.25, 0.3) is 0 Å². The van der Waals surface area contributed by atoms with Crippen LogP contribution in [0.3, 0.4) is 0 Å². The lowest BCUT2D eigenvalue weighted by Gasteiger charge is -2.21. The van der Waals surface area contributed by atoms with Crippen LogP contribution in [-0.2, 0) is 11.3 Å². The molecule has 4 nitrogen and oxygen atoms in total. The molecule has 0 aromatic heterocycles. The summed E-state index contributed by atoms with van der Waals surface area (Å²) in [4.78, 5) is 2.09. The van der Waals surface area contributed by atoms with Gasteiger partial charge in [-0.05, 0) is 43.5 Å². The van der Waals surface area contributed by atoms with E-state index in [-0.39, 0.29) is 0 Å². The third-order valence-corrected chi connectivity index (χ3v) is 3.60. The van der Waals surface area contributed by atoms with Gasteiger partial charge in [-0.3, -0.25) is 0 Å². The highest BCUT2D eigenvalue weighted by atomic mass is 16.5. The summed E-state index contributed by atoms with van der Waals surface area (Å²) in [5.41, 5.74) is 2.83. The standard InChI is InChI=1S/C16H23N3O/c1-18-11-14-5-6-16(15(9-14)10-17)19(2)7-8-20-12-13-3-4-13/h5-6,9,13,18H,3-4,7-8,11-12H2,1-2H3. The van der Waals surface area contributed by atoms with Crippen LogP contribution in [0.2, 0.25) is 0 Å². The summed E-state index contributed by atoms with van der Waals surface area (Å²) in [7, 11) is 3.91. The van der Waals surface area contributed by atoms with Gasteiger partial charge in [0.1, 0.15) is 6.07 Å². The number of likely N-dealkylation sites (N-methyl/N-ethyl adjacent to an activating group) is 1. The van der Waals surface area contributed by atoms with Crippen molar-refractivity contribution in [2.75, 3.05) is 38.8 Å². The minimum atomic E-state index is 0.718. The summed E-state index contributed by atoms with van der Waals surface area (Å²) < 4.78 is 5.65. The van der Waals surface area contributed by atoms with Gasteiger partial charge < -0.3 is 15.0 Å². The van der Waals surface area contributed by atoms with E-state index in [4.69, 9.17) is 4.74 Å². The lowest BCUT2D eigenvalue weighted by Crippen LogP contribution is -2.24. The quantitative estimate of drug-likeness (QED) is 0.737. The molecule has 0 saturated heterocycles. The van der Waals surface area contributed by atoms with Crippen LogP contribution < -0.4 is 10.2 Å². The zero-order valence-electron chi connectivity index (χ0n) is 12.4. The van der Waals surface area contributed by atoms with Crippen molar-refractivity contribution in [2.45, 2.75) is 19.4 Å². The Morgan fingerprint density at radius 3 is 2.90 bits per heavy atom. The molecule has 0 aliphatic heterocycles. The van der Waals surface area contributed by atoms with Crippen molar-refractivity contribution >= 4 is 5.69 Å². The molecule has 0 radical (unpaired) electrons. The smallest absolute Gasteiger partial charge is 0.101 e. The molecule has 0 amide bonds. The first-order chi connectivity index (χ1) is 9.74. The summed E-state index contributed by atoms with van der Waals surface area (Å²) in [6.07, 6.45) is 2.64.